The number of carbonyl (C=O) groups excluding carboxylic acids is 2. The lowest BCUT2D eigenvalue weighted by atomic mass is 10.0. The van der Waals surface area contributed by atoms with E-state index in [1.54, 1.807) is 54.6 Å². The first kappa shape index (κ1) is 22.5. The fraction of sp³-hybridized carbons (Fsp3) is 0.200. The van der Waals surface area contributed by atoms with Gasteiger partial charge in [-0.1, -0.05) is 56.3 Å². The largest absolute Gasteiger partial charge is 0.323 e. The highest BCUT2D eigenvalue weighted by molar-refractivity contribution is 7.92. The van der Waals surface area contributed by atoms with Crippen molar-refractivity contribution < 1.29 is 18.0 Å². The molecule has 0 aromatic heterocycles. The molecule has 170 valence electrons. The van der Waals surface area contributed by atoms with Gasteiger partial charge in [0.2, 0.25) is 11.8 Å². The van der Waals surface area contributed by atoms with Crippen molar-refractivity contribution in [2.75, 3.05) is 27.6 Å². The van der Waals surface area contributed by atoms with Crippen LogP contribution in [0.3, 0.4) is 0 Å². The minimum absolute atomic E-state index is 0.0857. The van der Waals surface area contributed by atoms with Gasteiger partial charge < -0.3 is 5.32 Å². The second kappa shape index (κ2) is 9.07. The minimum atomic E-state index is -4.03. The van der Waals surface area contributed by atoms with Crippen molar-refractivity contribution in [1.82, 2.24) is 0 Å². The summed E-state index contributed by atoms with van der Waals surface area (Å²) in [5.74, 6) is -0.547. The number of hydrogen-bond acceptors (Lipinski definition) is 4. The first-order valence-corrected chi connectivity index (χ1v) is 12.1. The molecule has 0 radical (unpaired) electrons. The van der Waals surface area contributed by atoms with E-state index < -0.39 is 22.5 Å². The van der Waals surface area contributed by atoms with Gasteiger partial charge in [-0.05, 0) is 47.9 Å². The second-order valence-electron chi connectivity index (χ2n) is 8.12. The molecule has 0 spiro atoms. The summed E-state index contributed by atoms with van der Waals surface area (Å²) in [7, 11) is -4.03. The third kappa shape index (κ3) is 4.61. The van der Waals surface area contributed by atoms with E-state index in [-0.39, 0.29) is 23.3 Å². The third-order valence-corrected chi connectivity index (χ3v) is 7.32. The third-order valence-electron chi connectivity index (χ3n) is 5.53. The van der Waals surface area contributed by atoms with Crippen molar-refractivity contribution in [3.8, 4) is 0 Å². The van der Waals surface area contributed by atoms with Crippen LogP contribution in [0.15, 0.2) is 83.8 Å². The number of para-hydroxylation sites is 2. The van der Waals surface area contributed by atoms with Gasteiger partial charge in [0, 0.05) is 0 Å². The molecule has 0 unspecified atom stereocenters. The van der Waals surface area contributed by atoms with Crippen molar-refractivity contribution in [2.24, 2.45) is 0 Å². The summed E-state index contributed by atoms with van der Waals surface area (Å²) in [6, 6.07) is 22.1. The lowest BCUT2D eigenvalue weighted by molar-refractivity contribution is -0.121. The normalized spacial score (nSPS) is 13.4. The van der Waals surface area contributed by atoms with Gasteiger partial charge >= 0.3 is 0 Å². The van der Waals surface area contributed by atoms with Crippen molar-refractivity contribution in [3.05, 3.63) is 84.4 Å². The van der Waals surface area contributed by atoms with Crippen molar-refractivity contribution in [3.63, 3.8) is 0 Å². The van der Waals surface area contributed by atoms with E-state index in [1.165, 1.54) is 17.0 Å². The van der Waals surface area contributed by atoms with Crippen LogP contribution in [0.2, 0.25) is 0 Å². The monoisotopic (exact) mass is 463 g/mol. The van der Waals surface area contributed by atoms with Crippen molar-refractivity contribution in [2.45, 2.75) is 24.7 Å². The number of benzene rings is 3. The highest BCUT2D eigenvalue weighted by Gasteiger charge is 2.32. The molecule has 1 aliphatic heterocycles. The number of fused-ring (bicyclic) bond motifs is 1. The molecule has 3 aromatic rings. The lowest BCUT2D eigenvalue weighted by Gasteiger charge is -2.32. The number of hydrogen-bond donors (Lipinski definition) is 1. The maximum Gasteiger partial charge on any atom is 0.264 e. The quantitative estimate of drug-likeness (QED) is 0.599. The maximum atomic E-state index is 13.6. The van der Waals surface area contributed by atoms with E-state index >= 15 is 0 Å². The lowest BCUT2D eigenvalue weighted by Crippen LogP contribution is -2.48. The van der Waals surface area contributed by atoms with Crippen molar-refractivity contribution >= 4 is 38.9 Å². The van der Waals surface area contributed by atoms with Gasteiger partial charge in [0.15, 0.2) is 0 Å². The summed E-state index contributed by atoms with van der Waals surface area (Å²) in [4.78, 5) is 27.0. The van der Waals surface area contributed by atoms with E-state index in [1.807, 2.05) is 12.1 Å². The van der Waals surface area contributed by atoms with Crippen molar-refractivity contribution in [1.29, 1.82) is 0 Å². The standard InChI is InChI=1S/C25H25N3O4S/c1-18(2)19-12-14-20(15-13-19)28(33(31,32)21-8-4-3-5-9-21)17-25(30)27-16-24(29)26-22-10-6-7-11-23(22)27/h3-15,18H,16-17H2,1-2H3,(H,26,29). The predicted molar refractivity (Wildman–Crippen MR) is 129 cm³/mol. The molecule has 1 N–H and O–H groups in total. The summed E-state index contributed by atoms with van der Waals surface area (Å²) < 4.78 is 28.2. The Balaban J connectivity index is 1.73. The molecule has 2 amide bonds. The van der Waals surface area contributed by atoms with Crippen LogP contribution in [0.5, 0.6) is 0 Å². The molecule has 0 atom stereocenters. The van der Waals surface area contributed by atoms with Gasteiger partial charge in [0.25, 0.3) is 10.0 Å². The number of nitrogens with one attached hydrogen (secondary N) is 1. The molecular formula is C25H25N3O4S. The number of anilines is 3. The Morgan fingerprint density at radius 2 is 1.61 bits per heavy atom. The van der Waals surface area contributed by atoms with E-state index in [0.29, 0.717) is 17.1 Å². The van der Waals surface area contributed by atoms with Gasteiger partial charge in [-0.25, -0.2) is 8.42 Å². The number of carbonyl (C=O) groups is 2. The highest BCUT2D eigenvalue weighted by atomic mass is 32.2. The topological polar surface area (TPSA) is 86.8 Å². The molecule has 0 saturated heterocycles. The average molecular weight is 464 g/mol. The fourth-order valence-corrected chi connectivity index (χ4v) is 5.16. The average Bonchev–Trinajstić information content (AvgIpc) is 2.82. The van der Waals surface area contributed by atoms with E-state index in [4.69, 9.17) is 0 Å². The zero-order valence-electron chi connectivity index (χ0n) is 18.4. The van der Waals surface area contributed by atoms with Gasteiger partial charge in [-0.3, -0.25) is 18.8 Å². The van der Waals surface area contributed by atoms with Crippen LogP contribution < -0.4 is 14.5 Å². The van der Waals surface area contributed by atoms with E-state index in [2.05, 4.69) is 19.2 Å². The Hall–Kier alpha value is -3.65. The van der Waals surface area contributed by atoms with Crippen LogP contribution in [0, 0.1) is 0 Å². The molecule has 8 heteroatoms. The van der Waals surface area contributed by atoms with Gasteiger partial charge in [0.1, 0.15) is 13.1 Å². The maximum absolute atomic E-state index is 13.6. The molecule has 0 saturated carbocycles. The Morgan fingerprint density at radius 3 is 2.27 bits per heavy atom. The predicted octanol–water partition coefficient (Wildman–Crippen LogP) is 3.99. The zero-order valence-corrected chi connectivity index (χ0v) is 19.2. The number of rotatable bonds is 6. The molecular weight excluding hydrogens is 438 g/mol. The van der Waals surface area contributed by atoms with Crippen LogP contribution in [0.25, 0.3) is 0 Å². The molecule has 7 nitrogen and oxygen atoms in total. The first-order chi connectivity index (χ1) is 15.8. The number of sulfonamides is 1. The van der Waals surface area contributed by atoms with Crippen LogP contribution in [0.4, 0.5) is 17.1 Å². The van der Waals surface area contributed by atoms with E-state index in [0.717, 1.165) is 9.87 Å². The second-order valence-corrected chi connectivity index (χ2v) is 9.98. The summed E-state index contributed by atoms with van der Waals surface area (Å²) in [5.41, 5.74) is 2.49. The Labute approximate surface area is 193 Å². The number of amides is 2. The summed E-state index contributed by atoms with van der Waals surface area (Å²) in [6.45, 7) is 3.48. The summed E-state index contributed by atoms with van der Waals surface area (Å²) in [5, 5.41) is 2.74. The smallest absolute Gasteiger partial charge is 0.264 e. The first-order valence-electron chi connectivity index (χ1n) is 10.6. The van der Waals surface area contributed by atoms with Crippen LogP contribution in [-0.4, -0.2) is 33.3 Å². The molecule has 33 heavy (non-hydrogen) atoms. The molecule has 1 heterocycles. The van der Waals surface area contributed by atoms with E-state index in [9.17, 15) is 18.0 Å². The molecule has 1 aliphatic rings. The van der Waals surface area contributed by atoms with Crippen LogP contribution in [0.1, 0.15) is 25.3 Å². The summed E-state index contributed by atoms with van der Waals surface area (Å²) in [6.07, 6.45) is 0. The van der Waals surface area contributed by atoms with Gasteiger partial charge in [0.05, 0.1) is 22.0 Å². The molecule has 0 fully saturated rings. The molecule has 4 rings (SSSR count). The number of nitrogens with zero attached hydrogens (tertiary/aromatic N) is 2. The Bertz CT molecular complexity index is 1270. The molecule has 0 aliphatic carbocycles. The van der Waals surface area contributed by atoms with Gasteiger partial charge in [-0.2, -0.15) is 0 Å². The highest BCUT2D eigenvalue weighted by Crippen LogP contribution is 2.31. The SMILES string of the molecule is CC(C)c1ccc(N(CC(=O)N2CC(=O)Nc3ccccc32)S(=O)(=O)c2ccccc2)cc1. The van der Waals surface area contributed by atoms with Crippen LogP contribution >= 0.6 is 0 Å². The summed E-state index contributed by atoms with van der Waals surface area (Å²) >= 11 is 0. The van der Waals surface area contributed by atoms with Gasteiger partial charge in [-0.15, -0.1) is 0 Å². The Morgan fingerprint density at radius 1 is 0.970 bits per heavy atom. The molecule has 0 bridgehead atoms. The zero-order chi connectivity index (χ0) is 23.6. The van der Waals surface area contributed by atoms with Crippen LogP contribution in [-0.2, 0) is 19.6 Å². The Kier molecular flexibility index (Phi) is 6.20. The minimum Gasteiger partial charge on any atom is -0.323 e. The molecule has 3 aromatic carbocycles. The fourth-order valence-electron chi connectivity index (χ4n) is 3.72.